The van der Waals surface area contributed by atoms with E-state index >= 15 is 0 Å². The van der Waals surface area contributed by atoms with Crippen molar-refractivity contribution in [1.29, 1.82) is 0 Å². The summed E-state index contributed by atoms with van der Waals surface area (Å²) in [7, 11) is -1.98. The van der Waals surface area contributed by atoms with Crippen LogP contribution < -0.4 is 14.4 Å². The van der Waals surface area contributed by atoms with Gasteiger partial charge in [-0.3, -0.25) is 9.10 Å². The highest BCUT2D eigenvalue weighted by molar-refractivity contribution is 7.92. The molecule has 7 heteroatoms. The van der Waals surface area contributed by atoms with Gasteiger partial charge in [0.05, 0.1) is 19.1 Å². The van der Waals surface area contributed by atoms with E-state index in [9.17, 15) is 13.2 Å². The van der Waals surface area contributed by atoms with Gasteiger partial charge < -0.3 is 10.1 Å². The van der Waals surface area contributed by atoms with Crippen LogP contribution in [0.3, 0.4) is 0 Å². The average molecular weight is 419 g/mol. The molecule has 6 nitrogen and oxygen atoms in total. The summed E-state index contributed by atoms with van der Waals surface area (Å²) in [6.07, 6.45) is 2.99. The van der Waals surface area contributed by atoms with E-state index < -0.39 is 16.1 Å². The zero-order chi connectivity index (χ0) is 21.4. The summed E-state index contributed by atoms with van der Waals surface area (Å²) in [5.41, 5.74) is 2.60. The maximum atomic E-state index is 12.8. The van der Waals surface area contributed by atoms with Gasteiger partial charge in [0.15, 0.2) is 0 Å². The second-order valence-electron chi connectivity index (χ2n) is 7.02. The Morgan fingerprint density at radius 3 is 2.38 bits per heavy atom. The number of anilines is 1. The smallest absolute Gasteiger partial charge is 0.243 e. The van der Waals surface area contributed by atoms with Crippen LogP contribution in [0.2, 0.25) is 0 Å². The zero-order valence-corrected chi connectivity index (χ0v) is 18.3. The normalized spacial score (nSPS) is 12.3. The molecule has 0 radical (unpaired) electrons. The van der Waals surface area contributed by atoms with Crippen molar-refractivity contribution < 1.29 is 17.9 Å². The lowest BCUT2D eigenvalue weighted by molar-refractivity contribution is -0.122. The van der Waals surface area contributed by atoms with E-state index in [4.69, 9.17) is 4.74 Å². The number of hydrogen-bond acceptors (Lipinski definition) is 4. The number of rotatable bonds is 10. The number of methoxy groups -OCH3 is 1. The molecule has 0 spiro atoms. The number of carbonyl (C=O) groups is 1. The van der Waals surface area contributed by atoms with Crippen LogP contribution in [0.4, 0.5) is 5.69 Å². The molecule has 2 aromatic rings. The van der Waals surface area contributed by atoms with Gasteiger partial charge in [-0.25, -0.2) is 8.42 Å². The fourth-order valence-corrected chi connectivity index (χ4v) is 4.48. The second kappa shape index (κ2) is 10.3. The Morgan fingerprint density at radius 1 is 1.14 bits per heavy atom. The molecular weight excluding hydrogens is 388 g/mol. The molecule has 2 rings (SSSR count). The maximum Gasteiger partial charge on any atom is 0.243 e. The third-order valence-corrected chi connectivity index (χ3v) is 5.91. The van der Waals surface area contributed by atoms with Crippen LogP contribution >= 0.6 is 0 Å². The minimum Gasteiger partial charge on any atom is -0.496 e. The van der Waals surface area contributed by atoms with E-state index in [1.54, 1.807) is 19.2 Å². The lowest BCUT2D eigenvalue weighted by atomic mass is 10.1. The topological polar surface area (TPSA) is 75.7 Å². The molecule has 0 saturated heterocycles. The summed E-state index contributed by atoms with van der Waals surface area (Å²) in [4.78, 5) is 12.8. The first-order chi connectivity index (χ1) is 13.8. The van der Waals surface area contributed by atoms with E-state index in [1.165, 1.54) is 4.31 Å². The Hall–Kier alpha value is -2.54. The molecule has 1 atom stereocenters. The van der Waals surface area contributed by atoms with Gasteiger partial charge in [-0.15, -0.1) is 0 Å². The first kappa shape index (κ1) is 22.7. The number of amides is 1. The number of nitrogens with zero attached hydrogens (tertiary/aromatic N) is 1. The van der Waals surface area contributed by atoms with Gasteiger partial charge in [-0.2, -0.15) is 0 Å². The van der Waals surface area contributed by atoms with Gasteiger partial charge in [0.1, 0.15) is 11.8 Å². The fourth-order valence-electron chi connectivity index (χ4n) is 3.27. The first-order valence-electron chi connectivity index (χ1n) is 9.73. The Labute approximate surface area is 173 Å². The van der Waals surface area contributed by atoms with Crippen molar-refractivity contribution in [2.75, 3.05) is 24.2 Å². The summed E-state index contributed by atoms with van der Waals surface area (Å²) in [6, 6.07) is 14.1. The summed E-state index contributed by atoms with van der Waals surface area (Å²) in [5, 5.41) is 2.89. The van der Waals surface area contributed by atoms with Crippen molar-refractivity contribution in [3.8, 4) is 5.75 Å². The molecule has 158 valence electrons. The Kier molecular flexibility index (Phi) is 8.08. The molecule has 0 aliphatic carbocycles. The largest absolute Gasteiger partial charge is 0.496 e. The quantitative estimate of drug-likeness (QED) is 0.601. The first-order valence-corrected chi connectivity index (χ1v) is 11.6. The van der Waals surface area contributed by atoms with Crippen LogP contribution in [-0.2, 0) is 21.2 Å². The molecule has 1 amide bonds. The summed E-state index contributed by atoms with van der Waals surface area (Å²) < 4.78 is 31.4. The highest BCUT2D eigenvalue weighted by atomic mass is 32.2. The molecule has 1 N–H and O–H groups in total. The molecule has 0 saturated carbocycles. The summed E-state index contributed by atoms with van der Waals surface area (Å²) in [5.74, 6) is 0.534. The molecule has 0 aromatic heterocycles. The Balaban J connectivity index is 2.04. The molecule has 29 heavy (non-hydrogen) atoms. The number of aryl methyl sites for hydroxylation is 2. The van der Waals surface area contributed by atoms with Crippen molar-refractivity contribution in [3.05, 3.63) is 59.7 Å². The van der Waals surface area contributed by atoms with E-state index in [1.807, 2.05) is 50.2 Å². The number of hydrogen-bond donors (Lipinski definition) is 1. The van der Waals surface area contributed by atoms with Gasteiger partial charge in [0.2, 0.25) is 15.9 Å². The molecule has 0 fully saturated rings. The number of ether oxygens (including phenoxy) is 1. The lowest BCUT2D eigenvalue weighted by Gasteiger charge is -2.30. The van der Waals surface area contributed by atoms with Gasteiger partial charge in [-0.1, -0.05) is 42.8 Å². The van der Waals surface area contributed by atoms with Crippen molar-refractivity contribution >= 4 is 21.6 Å². The predicted octanol–water partition coefficient (Wildman–Crippen LogP) is 3.30. The molecule has 0 heterocycles. The summed E-state index contributed by atoms with van der Waals surface area (Å²) in [6.45, 7) is 4.20. The van der Waals surface area contributed by atoms with Gasteiger partial charge >= 0.3 is 0 Å². The number of nitrogens with one attached hydrogen (secondary N) is 1. The highest BCUT2D eigenvalue weighted by Gasteiger charge is 2.31. The van der Waals surface area contributed by atoms with Gasteiger partial charge in [0.25, 0.3) is 0 Å². The molecule has 2 aromatic carbocycles. The maximum absolute atomic E-state index is 12.8. The van der Waals surface area contributed by atoms with E-state index in [0.29, 0.717) is 18.7 Å². The van der Waals surface area contributed by atoms with Crippen LogP contribution in [0.25, 0.3) is 0 Å². The predicted molar refractivity (Wildman–Crippen MR) is 117 cm³/mol. The van der Waals surface area contributed by atoms with Crippen LogP contribution in [-0.4, -0.2) is 40.3 Å². The number of para-hydroxylation sites is 1. The highest BCUT2D eigenvalue weighted by Crippen LogP contribution is 2.23. The van der Waals surface area contributed by atoms with Crippen molar-refractivity contribution in [1.82, 2.24) is 5.32 Å². The van der Waals surface area contributed by atoms with E-state index in [2.05, 4.69) is 5.32 Å². The van der Waals surface area contributed by atoms with Crippen molar-refractivity contribution in [2.45, 2.75) is 39.2 Å². The fraction of sp³-hybridized carbons (Fsp3) is 0.409. The molecule has 0 aliphatic heterocycles. The number of carbonyl (C=O) groups excluding carboxylic acids is 1. The molecule has 0 aliphatic rings. The zero-order valence-electron chi connectivity index (χ0n) is 17.5. The number of sulfonamides is 1. The Morgan fingerprint density at radius 2 is 1.79 bits per heavy atom. The minimum absolute atomic E-state index is 0.293. The van der Waals surface area contributed by atoms with Crippen LogP contribution in [0.15, 0.2) is 48.5 Å². The standard InChI is InChI=1S/C22H30N2O4S/c1-5-20(24(29(4,26)27)19-14-12-17(2)13-15-19)22(25)23-16-8-10-18-9-6-7-11-21(18)28-3/h6-7,9,11-15,20H,5,8,10,16H2,1-4H3,(H,23,25)/t20-/m0/s1. The minimum atomic E-state index is -3.61. The Bertz CT molecular complexity index is 911. The lowest BCUT2D eigenvalue weighted by Crippen LogP contribution is -2.49. The second-order valence-corrected chi connectivity index (χ2v) is 8.88. The van der Waals surface area contributed by atoms with E-state index in [-0.39, 0.29) is 5.91 Å². The molecule has 0 bridgehead atoms. The average Bonchev–Trinajstić information content (AvgIpc) is 2.69. The summed E-state index contributed by atoms with van der Waals surface area (Å²) >= 11 is 0. The molecular formula is C22H30N2O4S. The third-order valence-electron chi connectivity index (χ3n) is 4.73. The van der Waals surface area contributed by atoms with Crippen LogP contribution in [0.5, 0.6) is 5.75 Å². The van der Waals surface area contributed by atoms with Crippen molar-refractivity contribution in [3.63, 3.8) is 0 Å². The van der Waals surface area contributed by atoms with Gasteiger partial charge in [-0.05, 0) is 49.9 Å². The number of benzene rings is 2. The van der Waals surface area contributed by atoms with Gasteiger partial charge in [0, 0.05) is 6.54 Å². The van der Waals surface area contributed by atoms with Crippen LogP contribution in [0.1, 0.15) is 30.9 Å². The van der Waals surface area contributed by atoms with Crippen molar-refractivity contribution in [2.24, 2.45) is 0 Å². The monoisotopic (exact) mass is 418 g/mol. The third kappa shape index (κ3) is 6.22. The molecule has 0 unspecified atom stereocenters. The van der Waals surface area contributed by atoms with Crippen LogP contribution in [0, 0.1) is 6.92 Å². The van der Waals surface area contributed by atoms with E-state index in [0.717, 1.165) is 36.0 Å². The SMILES string of the molecule is CC[C@@H](C(=O)NCCCc1ccccc1OC)N(c1ccc(C)cc1)S(C)(=O)=O.